The minimum atomic E-state index is -3.63. The SMILES string of the molecule is Cc1noc(NS(=O)(=O)c2ccc(CCN)s2)c1C. The monoisotopic (exact) mass is 301 g/mol. The van der Waals surface area contributed by atoms with E-state index in [9.17, 15) is 8.42 Å². The first-order valence-corrected chi connectivity index (χ1v) is 7.98. The highest BCUT2D eigenvalue weighted by atomic mass is 32.2. The first kappa shape index (κ1) is 14.0. The van der Waals surface area contributed by atoms with Crippen LogP contribution in [0.3, 0.4) is 0 Å². The lowest BCUT2D eigenvalue weighted by Crippen LogP contribution is -2.11. The topological polar surface area (TPSA) is 98.2 Å². The van der Waals surface area contributed by atoms with E-state index in [0.717, 1.165) is 4.88 Å². The van der Waals surface area contributed by atoms with E-state index in [1.807, 2.05) is 0 Å². The molecule has 6 nitrogen and oxygen atoms in total. The van der Waals surface area contributed by atoms with E-state index in [2.05, 4.69) is 9.88 Å². The van der Waals surface area contributed by atoms with Crippen LogP contribution < -0.4 is 10.5 Å². The number of nitrogens with two attached hydrogens (primary N) is 1. The maximum absolute atomic E-state index is 12.2. The first-order valence-electron chi connectivity index (χ1n) is 5.68. The number of nitrogens with zero attached hydrogens (tertiary/aromatic N) is 1. The summed E-state index contributed by atoms with van der Waals surface area (Å²) in [5.41, 5.74) is 6.79. The van der Waals surface area contributed by atoms with Gasteiger partial charge in [0, 0.05) is 10.4 Å². The molecule has 0 aliphatic heterocycles. The third kappa shape index (κ3) is 2.96. The van der Waals surface area contributed by atoms with Crippen LogP contribution in [0.25, 0.3) is 0 Å². The highest BCUT2D eigenvalue weighted by molar-refractivity contribution is 7.94. The first-order chi connectivity index (χ1) is 8.94. The molecule has 2 heterocycles. The molecule has 0 aromatic carbocycles. The van der Waals surface area contributed by atoms with Crippen LogP contribution in [-0.4, -0.2) is 20.1 Å². The van der Waals surface area contributed by atoms with Crippen molar-refractivity contribution in [1.82, 2.24) is 5.16 Å². The molecule has 104 valence electrons. The number of anilines is 1. The van der Waals surface area contributed by atoms with Crippen LogP contribution >= 0.6 is 11.3 Å². The zero-order valence-electron chi connectivity index (χ0n) is 10.6. The zero-order valence-corrected chi connectivity index (χ0v) is 12.3. The Morgan fingerprint density at radius 1 is 1.42 bits per heavy atom. The summed E-state index contributed by atoms with van der Waals surface area (Å²) < 4.78 is 31.9. The average molecular weight is 301 g/mol. The highest BCUT2D eigenvalue weighted by Crippen LogP contribution is 2.26. The van der Waals surface area contributed by atoms with Crippen LogP contribution in [0.4, 0.5) is 5.88 Å². The van der Waals surface area contributed by atoms with Crippen molar-refractivity contribution in [2.24, 2.45) is 5.73 Å². The number of nitrogens with one attached hydrogen (secondary N) is 1. The third-order valence-electron chi connectivity index (χ3n) is 2.68. The number of rotatable bonds is 5. The van der Waals surface area contributed by atoms with Crippen molar-refractivity contribution in [3.8, 4) is 0 Å². The van der Waals surface area contributed by atoms with Gasteiger partial charge in [-0.3, -0.25) is 0 Å². The molecule has 0 bridgehead atoms. The minimum Gasteiger partial charge on any atom is -0.337 e. The third-order valence-corrected chi connectivity index (χ3v) is 5.64. The highest BCUT2D eigenvalue weighted by Gasteiger charge is 2.20. The molecule has 0 saturated heterocycles. The van der Waals surface area contributed by atoms with E-state index >= 15 is 0 Å². The molecular formula is C11H15N3O3S2. The molecule has 0 saturated carbocycles. The molecule has 2 aromatic rings. The smallest absolute Gasteiger partial charge is 0.273 e. The average Bonchev–Trinajstić information content (AvgIpc) is 2.92. The van der Waals surface area contributed by atoms with Crippen molar-refractivity contribution in [2.45, 2.75) is 24.5 Å². The van der Waals surface area contributed by atoms with Gasteiger partial charge in [0.25, 0.3) is 10.0 Å². The van der Waals surface area contributed by atoms with E-state index in [-0.39, 0.29) is 10.1 Å². The fraction of sp³-hybridized carbons (Fsp3) is 0.364. The summed E-state index contributed by atoms with van der Waals surface area (Å²) in [7, 11) is -3.63. The lowest BCUT2D eigenvalue weighted by Gasteiger charge is -2.02. The van der Waals surface area contributed by atoms with Gasteiger partial charge < -0.3 is 10.3 Å². The quantitative estimate of drug-likeness (QED) is 0.875. The zero-order chi connectivity index (χ0) is 14.0. The molecule has 8 heteroatoms. The second-order valence-electron chi connectivity index (χ2n) is 4.09. The van der Waals surface area contributed by atoms with Crippen LogP contribution in [0.15, 0.2) is 20.9 Å². The minimum absolute atomic E-state index is 0.159. The van der Waals surface area contributed by atoms with Gasteiger partial charge in [0.15, 0.2) is 0 Å². The summed E-state index contributed by atoms with van der Waals surface area (Å²) >= 11 is 1.20. The number of aromatic nitrogens is 1. The molecular weight excluding hydrogens is 286 g/mol. The van der Waals surface area contributed by atoms with E-state index in [4.69, 9.17) is 10.3 Å². The molecule has 0 amide bonds. The van der Waals surface area contributed by atoms with Gasteiger partial charge >= 0.3 is 0 Å². The van der Waals surface area contributed by atoms with Crippen molar-refractivity contribution >= 4 is 27.2 Å². The summed E-state index contributed by atoms with van der Waals surface area (Å²) in [6, 6.07) is 3.33. The van der Waals surface area contributed by atoms with Gasteiger partial charge in [-0.2, -0.15) is 0 Å². The molecule has 0 radical (unpaired) electrons. The second-order valence-corrected chi connectivity index (χ2v) is 7.16. The van der Waals surface area contributed by atoms with E-state index < -0.39 is 10.0 Å². The maximum Gasteiger partial charge on any atom is 0.273 e. The number of hydrogen-bond acceptors (Lipinski definition) is 6. The van der Waals surface area contributed by atoms with Crippen LogP contribution in [-0.2, 0) is 16.4 Å². The van der Waals surface area contributed by atoms with E-state index in [1.54, 1.807) is 26.0 Å². The number of hydrogen-bond donors (Lipinski definition) is 2. The van der Waals surface area contributed by atoms with E-state index in [0.29, 0.717) is 24.2 Å². The molecule has 2 aromatic heterocycles. The molecule has 0 spiro atoms. The molecule has 2 rings (SSSR count). The number of aryl methyl sites for hydroxylation is 1. The normalized spacial score (nSPS) is 11.7. The van der Waals surface area contributed by atoms with Gasteiger partial charge in [-0.25, -0.2) is 13.1 Å². The fourth-order valence-corrected chi connectivity index (χ4v) is 3.88. The lowest BCUT2D eigenvalue weighted by atomic mass is 10.3. The Morgan fingerprint density at radius 2 is 2.16 bits per heavy atom. The molecule has 0 aliphatic rings. The van der Waals surface area contributed by atoms with Gasteiger partial charge in [0.05, 0.1) is 5.69 Å². The van der Waals surface area contributed by atoms with Gasteiger partial charge in [-0.15, -0.1) is 11.3 Å². The van der Waals surface area contributed by atoms with Crippen molar-refractivity contribution in [3.05, 3.63) is 28.3 Å². The Morgan fingerprint density at radius 3 is 2.74 bits per heavy atom. The van der Waals surface area contributed by atoms with Crippen LogP contribution in [0.2, 0.25) is 0 Å². The summed E-state index contributed by atoms with van der Waals surface area (Å²) in [5.74, 6) is 0.159. The Hall–Kier alpha value is -1.38. The molecule has 19 heavy (non-hydrogen) atoms. The Balaban J connectivity index is 2.24. The van der Waals surface area contributed by atoms with Gasteiger partial charge in [-0.1, -0.05) is 5.16 Å². The van der Waals surface area contributed by atoms with Crippen LogP contribution in [0.1, 0.15) is 16.1 Å². The van der Waals surface area contributed by atoms with E-state index in [1.165, 1.54) is 11.3 Å². The number of sulfonamides is 1. The standard InChI is InChI=1S/C11H15N3O3S2/c1-7-8(2)13-17-11(7)14-19(15,16)10-4-3-9(18-10)5-6-12/h3-4,14H,5-6,12H2,1-2H3. The molecule has 0 aliphatic carbocycles. The Bertz CT molecular complexity index is 673. The van der Waals surface area contributed by atoms with Gasteiger partial charge in [0.1, 0.15) is 4.21 Å². The Kier molecular flexibility index (Phi) is 3.93. The summed E-state index contributed by atoms with van der Waals surface area (Å²) in [4.78, 5) is 0.938. The predicted molar refractivity (Wildman–Crippen MR) is 73.9 cm³/mol. The Labute approximate surface area is 115 Å². The summed E-state index contributed by atoms with van der Waals surface area (Å²) in [6.45, 7) is 3.99. The number of thiophene rings is 1. The molecule has 3 N–H and O–H groups in total. The van der Waals surface area contributed by atoms with Crippen LogP contribution in [0, 0.1) is 13.8 Å². The van der Waals surface area contributed by atoms with Gasteiger partial charge in [0.2, 0.25) is 5.88 Å². The van der Waals surface area contributed by atoms with Crippen molar-refractivity contribution in [2.75, 3.05) is 11.3 Å². The summed E-state index contributed by atoms with van der Waals surface area (Å²) in [5, 5.41) is 3.71. The van der Waals surface area contributed by atoms with Crippen molar-refractivity contribution in [3.63, 3.8) is 0 Å². The fourth-order valence-electron chi connectivity index (χ4n) is 1.46. The predicted octanol–water partition coefficient (Wildman–Crippen LogP) is 1.65. The van der Waals surface area contributed by atoms with Gasteiger partial charge in [-0.05, 0) is 38.9 Å². The van der Waals surface area contributed by atoms with Crippen LogP contribution in [0.5, 0.6) is 0 Å². The summed E-state index contributed by atoms with van der Waals surface area (Å²) in [6.07, 6.45) is 0.667. The molecule has 0 unspecified atom stereocenters. The lowest BCUT2D eigenvalue weighted by molar-refractivity contribution is 0.430. The van der Waals surface area contributed by atoms with Crippen molar-refractivity contribution < 1.29 is 12.9 Å². The van der Waals surface area contributed by atoms with Crippen molar-refractivity contribution in [1.29, 1.82) is 0 Å². The largest absolute Gasteiger partial charge is 0.337 e. The molecule has 0 fully saturated rings. The second kappa shape index (κ2) is 5.32. The molecule has 0 atom stereocenters. The maximum atomic E-state index is 12.2.